The highest BCUT2D eigenvalue weighted by molar-refractivity contribution is 7.92. The van der Waals surface area contributed by atoms with Gasteiger partial charge < -0.3 is 15.0 Å². The average molecular weight is 593 g/mol. The van der Waals surface area contributed by atoms with Crippen LogP contribution in [0.3, 0.4) is 0 Å². The van der Waals surface area contributed by atoms with Crippen molar-refractivity contribution >= 4 is 50.7 Å². The van der Waals surface area contributed by atoms with Gasteiger partial charge in [0, 0.05) is 18.1 Å². The third kappa shape index (κ3) is 7.23. The van der Waals surface area contributed by atoms with Crippen LogP contribution in [0.25, 0.3) is 0 Å². The summed E-state index contributed by atoms with van der Waals surface area (Å²) in [6, 6.07) is 16.8. The molecule has 0 aromatic heterocycles. The van der Waals surface area contributed by atoms with Gasteiger partial charge in [0.25, 0.3) is 10.0 Å². The van der Waals surface area contributed by atoms with Crippen LogP contribution in [0.4, 0.5) is 5.69 Å². The smallest absolute Gasteiger partial charge is 0.264 e. The number of carbonyl (C=O) groups is 2. The van der Waals surface area contributed by atoms with E-state index in [2.05, 4.69) is 5.32 Å². The molecule has 0 radical (unpaired) electrons. The molecule has 8 nitrogen and oxygen atoms in total. The van der Waals surface area contributed by atoms with Crippen LogP contribution in [0, 0.1) is 6.92 Å². The average Bonchev–Trinajstić information content (AvgIpc) is 2.91. The molecule has 0 bridgehead atoms. The van der Waals surface area contributed by atoms with Crippen LogP contribution in [-0.4, -0.2) is 51.4 Å². The first-order valence-electron chi connectivity index (χ1n) is 12.2. The first-order valence-corrected chi connectivity index (χ1v) is 14.4. The second kappa shape index (κ2) is 13.2. The van der Waals surface area contributed by atoms with Crippen molar-refractivity contribution in [3.63, 3.8) is 0 Å². The number of nitrogens with one attached hydrogen (secondary N) is 1. The number of anilines is 1. The Balaban J connectivity index is 2.08. The maximum atomic E-state index is 13.9. The maximum absolute atomic E-state index is 13.9. The van der Waals surface area contributed by atoms with Gasteiger partial charge in [-0.15, -0.1) is 0 Å². The molecule has 1 N–H and O–H groups in total. The van der Waals surface area contributed by atoms with Gasteiger partial charge in [0.1, 0.15) is 18.3 Å². The van der Waals surface area contributed by atoms with E-state index in [1.807, 2.05) is 6.92 Å². The summed E-state index contributed by atoms with van der Waals surface area (Å²) in [4.78, 5) is 28.0. The minimum Gasteiger partial charge on any atom is -0.495 e. The fraction of sp³-hybridized carbons (Fsp3) is 0.286. The van der Waals surface area contributed by atoms with Crippen LogP contribution in [0.5, 0.6) is 5.75 Å². The van der Waals surface area contributed by atoms with Crippen molar-refractivity contribution in [2.24, 2.45) is 0 Å². The van der Waals surface area contributed by atoms with Crippen molar-refractivity contribution in [1.29, 1.82) is 0 Å². The molecule has 0 aliphatic heterocycles. The van der Waals surface area contributed by atoms with E-state index < -0.39 is 28.5 Å². The van der Waals surface area contributed by atoms with E-state index in [0.29, 0.717) is 22.9 Å². The third-order valence-corrected chi connectivity index (χ3v) is 8.58. The van der Waals surface area contributed by atoms with Crippen LogP contribution < -0.4 is 14.4 Å². The summed E-state index contributed by atoms with van der Waals surface area (Å²) in [5.74, 6) is -0.626. The molecule has 2 amide bonds. The maximum Gasteiger partial charge on any atom is 0.264 e. The summed E-state index contributed by atoms with van der Waals surface area (Å²) in [7, 11) is -2.77. The molecule has 208 valence electrons. The number of rotatable bonds is 11. The van der Waals surface area contributed by atoms with Gasteiger partial charge in [-0.3, -0.25) is 13.9 Å². The number of ether oxygens (including phenoxy) is 1. The highest BCUT2D eigenvalue weighted by Gasteiger charge is 2.33. The Morgan fingerprint density at radius 3 is 2.26 bits per heavy atom. The second-order valence-electron chi connectivity index (χ2n) is 8.83. The van der Waals surface area contributed by atoms with E-state index in [1.165, 1.54) is 42.3 Å². The molecule has 3 aromatic rings. The van der Waals surface area contributed by atoms with E-state index in [0.717, 1.165) is 9.87 Å². The Kier molecular flexibility index (Phi) is 10.2. The zero-order valence-electron chi connectivity index (χ0n) is 22.1. The summed E-state index contributed by atoms with van der Waals surface area (Å²) in [5.41, 5.74) is 1.66. The lowest BCUT2D eigenvalue weighted by molar-refractivity contribution is -0.139. The number of carbonyl (C=O) groups excluding carboxylic acids is 2. The van der Waals surface area contributed by atoms with Crippen molar-refractivity contribution in [2.75, 3.05) is 24.5 Å². The molecule has 0 heterocycles. The van der Waals surface area contributed by atoms with Gasteiger partial charge in [-0.05, 0) is 62.7 Å². The number of hydrogen-bond donors (Lipinski definition) is 1. The third-order valence-electron chi connectivity index (χ3n) is 6.13. The normalized spacial score (nSPS) is 11.9. The van der Waals surface area contributed by atoms with Crippen molar-refractivity contribution < 1.29 is 22.7 Å². The number of aryl methyl sites for hydroxylation is 1. The van der Waals surface area contributed by atoms with Crippen LogP contribution in [0.2, 0.25) is 10.0 Å². The zero-order valence-corrected chi connectivity index (χ0v) is 24.5. The Bertz CT molecular complexity index is 1430. The second-order valence-corrected chi connectivity index (χ2v) is 11.5. The van der Waals surface area contributed by atoms with E-state index >= 15 is 0 Å². The fourth-order valence-corrected chi connectivity index (χ4v) is 5.74. The first kappa shape index (κ1) is 30.3. The molecule has 0 aliphatic carbocycles. The Hall–Kier alpha value is -3.27. The molecule has 3 aromatic carbocycles. The number of likely N-dealkylation sites (N-methyl/N-ethyl adjacent to an activating group) is 1. The molecule has 0 fully saturated rings. The quantitative estimate of drug-likeness (QED) is 0.336. The lowest BCUT2D eigenvalue weighted by Gasteiger charge is -2.32. The highest BCUT2D eigenvalue weighted by atomic mass is 35.5. The van der Waals surface area contributed by atoms with Crippen LogP contribution in [0.1, 0.15) is 25.0 Å². The van der Waals surface area contributed by atoms with Crippen molar-refractivity contribution in [1.82, 2.24) is 10.2 Å². The SMILES string of the molecule is CCNC(=O)[C@@H](C)N(Cc1ccccc1Cl)C(=O)CN(c1ccc(OC)c(Cl)c1)S(=O)(=O)c1ccc(C)cc1. The lowest BCUT2D eigenvalue weighted by atomic mass is 10.1. The van der Waals surface area contributed by atoms with E-state index in [-0.39, 0.29) is 28.1 Å². The fourth-order valence-electron chi connectivity index (χ4n) is 3.89. The Morgan fingerprint density at radius 1 is 1.00 bits per heavy atom. The molecule has 1 atom stereocenters. The minimum absolute atomic E-state index is 0.00139. The largest absolute Gasteiger partial charge is 0.495 e. The molecule has 3 rings (SSSR count). The van der Waals surface area contributed by atoms with Crippen molar-refractivity contribution in [3.05, 3.63) is 87.9 Å². The van der Waals surface area contributed by atoms with Gasteiger partial charge in [0.2, 0.25) is 11.8 Å². The van der Waals surface area contributed by atoms with Gasteiger partial charge in [0.05, 0.1) is 22.7 Å². The van der Waals surface area contributed by atoms with Crippen molar-refractivity contribution in [3.8, 4) is 5.75 Å². The predicted octanol–water partition coefficient (Wildman–Crippen LogP) is 5.06. The van der Waals surface area contributed by atoms with Crippen LogP contribution in [-0.2, 0) is 26.2 Å². The minimum atomic E-state index is -4.21. The number of halogens is 2. The summed E-state index contributed by atoms with van der Waals surface area (Å²) < 4.78 is 33.9. The summed E-state index contributed by atoms with van der Waals surface area (Å²) >= 11 is 12.7. The lowest BCUT2D eigenvalue weighted by Crippen LogP contribution is -2.51. The summed E-state index contributed by atoms with van der Waals surface area (Å²) in [6.45, 7) is 4.98. The number of methoxy groups -OCH3 is 1. The topological polar surface area (TPSA) is 96.0 Å². The molecule has 0 saturated carbocycles. The number of amides is 2. The van der Waals surface area contributed by atoms with Crippen molar-refractivity contribution in [2.45, 2.75) is 38.3 Å². The van der Waals surface area contributed by atoms with Gasteiger partial charge in [-0.25, -0.2) is 8.42 Å². The molecule has 11 heteroatoms. The molecule has 39 heavy (non-hydrogen) atoms. The number of nitrogens with zero attached hydrogens (tertiary/aromatic N) is 2. The van der Waals surface area contributed by atoms with Gasteiger partial charge in [-0.2, -0.15) is 0 Å². The molecular formula is C28H31Cl2N3O5S. The van der Waals surface area contributed by atoms with E-state index in [4.69, 9.17) is 27.9 Å². The summed E-state index contributed by atoms with van der Waals surface area (Å²) in [6.07, 6.45) is 0. The standard InChI is InChI=1S/C28H31Cl2N3O5S/c1-5-31-28(35)20(3)32(17-21-8-6-7-9-24(21)29)27(34)18-33(22-12-15-26(38-4)25(30)16-22)39(36,37)23-13-10-19(2)11-14-23/h6-16,20H,5,17-18H2,1-4H3,(H,31,35)/t20-/m1/s1. The Morgan fingerprint density at radius 2 is 1.67 bits per heavy atom. The van der Waals surface area contributed by atoms with Gasteiger partial charge in [-0.1, -0.05) is 59.1 Å². The first-order chi connectivity index (χ1) is 18.5. The van der Waals surface area contributed by atoms with E-state index in [1.54, 1.807) is 50.2 Å². The number of sulfonamides is 1. The molecule has 0 spiro atoms. The molecule has 0 unspecified atom stereocenters. The van der Waals surface area contributed by atoms with Gasteiger partial charge in [0.15, 0.2) is 0 Å². The summed E-state index contributed by atoms with van der Waals surface area (Å²) in [5, 5.41) is 3.32. The number of benzene rings is 3. The monoisotopic (exact) mass is 591 g/mol. The Labute approximate surface area is 239 Å². The van der Waals surface area contributed by atoms with E-state index in [9.17, 15) is 18.0 Å². The highest BCUT2D eigenvalue weighted by Crippen LogP contribution is 2.32. The number of hydrogen-bond acceptors (Lipinski definition) is 5. The predicted molar refractivity (Wildman–Crippen MR) is 154 cm³/mol. The zero-order chi connectivity index (χ0) is 28.7. The van der Waals surface area contributed by atoms with Gasteiger partial charge >= 0.3 is 0 Å². The molecular weight excluding hydrogens is 561 g/mol. The molecule has 0 aliphatic rings. The molecule has 0 saturated heterocycles. The van der Waals surface area contributed by atoms with Crippen LogP contribution >= 0.6 is 23.2 Å². The van der Waals surface area contributed by atoms with Crippen LogP contribution in [0.15, 0.2) is 71.6 Å².